The highest BCUT2D eigenvalue weighted by atomic mass is 19.4. The Bertz CT molecular complexity index is 4840. The van der Waals surface area contributed by atoms with Gasteiger partial charge in [-0.3, -0.25) is 0 Å². The molecule has 0 saturated carbocycles. The monoisotopic (exact) mass is 1160 g/mol. The maximum atomic E-state index is 14.8. The Kier molecular flexibility index (Phi) is 13.0. The molecule has 3 heterocycles. The minimum Gasteiger partial charge on any atom is -0.309 e. The first-order chi connectivity index (χ1) is 41.1. The largest absolute Gasteiger partial charge is 0.417 e. The van der Waals surface area contributed by atoms with Gasteiger partial charge in [-0.15, -0.1) is 0 Å². The number of para-hydroxylation sites is 2. The smallest absolute Gasteiger partial charge is 0.309 e. The van der Waals surface area contributed by atoms with Gasteiger partial charge in [0.05, 0.1) is 61.3 Å². The lowest BCUT2D eigenvalue weighted by Crippen LogP contribution is -2.12. The van der Waals surface area contributed by atoms with Gasteiger partial charge in [0.2, 0.25) is 0 Å². The molecule has 0 fully saturated rings. The number of nitrogens with zero attached hydrogens (tertiary/aromatic N) is 6. The van der Waals surface area contributed by atoms with Gasteiger partial charge in [0.25, 0.3) is 0 Å². The Morgan fingerprint density at radius 3 is 1.16 bits per heavy atom. The normalized spacial score (nSPS) is 12.4. The third-order valence-electron chi connectivity index (χ3n) is 15.2. The van der Waals surface area contributed by atoms with Crippen LogP contribution in [0.25, 0.3) is 123 Å². The molecule has 13 aromatic rings. The lowest BCUT2D eigenvalue weighted by Gasteiger charge is -2.19. The number of hydrogen-bond acceptors (Lipinski definition) is 4. The van der Waals surface area contributed by atoms with Gasteiger partial charge in [-0.1, -0.05) is 146 Å². The first kappa shape index (κ1) is 54.7. The molecule has 13 rings (SSSR count). The average molecular weight is 1170 g/mol. The topological polar surface area (TPSA) is 72.3 Å². The van der Waals surface area contributed by atoms with Gasteiger partial charge in [0.15, 0.2) is 17.5 Å². The summed E-state index contributed by atoms with van der Waals surface area (Å²) in [6.07, 6.45) is -20.4. The molecule has 0 aliphatic carbocycles. The first-order valence-electron chi connectivity index (χ1n) is 26.3. The quantitative estimate of drug-likeness (QED) is 0.142. The predicted molar refractivity (Wildman–Crippen MR) is 306 cm³/mol. The molecule has 422 valence electrons. The maximum Gasteiger partial charge on any atom is 0.417 e. The molecule has 0 unspecified atom stereocenters. The van der Waals surface area contributed by atoms with Crippen LogP contribution in [0.3, 0.4) is 0 Å². The van der Waals surface area contributed by atoms with E-state index >= 15 is 0 Å². The molecule has 0 atom stereocenters. The molecular weight excluding hydrogens is 1130 g/mol. The van der Waals surface area contributed by atoms with Crippen LogP contribution in [0.5, 0.6) is 0 Å². The number of aromatic nitrogens is 5. The van der Waals surface area contributed by atoms with Crippen LogP contribution < -0.4 is 0 Å². The number of nitriles is 1. The molecule has 0 radical (unpaired) electrons. The van der Waals surface area contributed by atoms with Crippen LogP contribution in [-0.4, -0.2) is 24.1 Å². The molecule has 0 aliphatic heterocycles. The van der Waals surface area contributed by atoms with Crippen molar-refractivity contribution in [2.75, 3.05) is 0 Å². The van der Waals surface area contributed by atoms with E-state index in [0.29, 0.717) is 107 Å². The summed E-state index contributed by atoms with van der Waals surface area (Å²) in [5.41, 5.74) is -1.32. The second-order valence-electron chi connectivity index (χ2n) is 20.3. The second-order valence-corrected chi connectivity index (χ2v) is 20.3. The molecule has 0 spiro atoms. The molecule has 10 aromatic carbocycles. The summed E-state index contributed by atoms with van der Waals surface area (Å²) in [4.78, 5) is 14.8. The zero-order chi connectivity index (χ0) is 60.0. The van der Waals surface area contributed by atoms with E-state index in [1.807, 2.05) is 71.3 Å². The summed E-state index contributed by atoms with van der Waals surface area (Å²) < 4.78 is 175. The van der Waals surface area contributed by atoms with Crippen molar-refractivity contribution in [1.82, 2.24) is 24.1 Å². The molecule has 0 bridgehead atoms. The fourth-order valence-electron chi connectivity index (χ4n) is 11.3. The van der Waals surface area contributed by atoms with Gasteiger partial charge in [-0.05, 0) is 95.1 Å². The number of fused-ring (bicyclic) bond motifs is 6. The van der Waals surface area contributed by atoms with Crippen LogP contribution in [0.15, 0.2) is 218 Å². The third kappa shape index (κ3) is 9.60. The highest BCUT2D eigenvalue weighted by Gasteiger charge is 2.40. The zero-order valence-corrected chi connectivity index (χ0v) is 44.0. The van der Waals surface area contributed by atoms with E-state index in [1.165, 1.54) is 24.3 Å². The lowest BCUT2D eigenvalue weighted by molar-refractivity contribution is -0.144. The summed E-state index contributed by atoms with van der Waals surface area (Å²) >= 11 is 0. The van der Waals surface area contributed by atoms with E-state index in [2.05, 4.69) is 6.07 Å². The van der Waals surface area contributed by atoms with Crippen molar-refractivity contribution in [2.24, 2.45) is 0 Å². The van der Waals surface area contributed by atoms with Crippen molar-refractivity contribution in [3.05, 3.63) is 246 Å². The molecule has 0 aliphatic rings. The predicted octanol–water partition coefficient (Wildman–Crippen LogP) is 20.0. The third-order valence-corrected chi connectivity index (χ3v) is 15.2. The number of hydrogen-bond donors (Lipinski definition) is 0. The van der Waals surface area contributed by atoms with Crippen LogP contribution >= 0.6 is 0 Å². The fourth-order valence-corrected chi connectivity index (χ4v) is 11.3. The van der Waals surface area contributed by atoms with Crippen molar-refractivity contribution in [1.29, 1.82) is 5.26 Å². The van der Waals surface area contributed by atoms with E-state index in [9.17, 15) is 57.9 Å². The Labute approximate surface area is 479 Å². The van der Waals surface area contributed by atoms with Crippen molar-refractivity contribution < 1.29 is 52.7 Å². The molecule has 86 heavy (non-hydrogen) atoms. The molecule has 0 saturated heterocycles. The summed E-state index contributed by atoms with van der Waals surface area (Å²) in [5.74, 6) is 0.945. The van der Waals surface area contributed by atoms with Crippen molar-refractivity contribution >= 4 is 43.6 Å². The highest BCUT2D eigenvalue weighted by molar-refractivity contribution is 6.12. The lowest BCUT2D eigenvalue weighted by atomic mass is 9.95. The minimum absolute atomic E-state index is 0.0103. The van der Waals surface area contributed by atoms with E-state index in [0.717, 1.165) is 12.1 Å². The Balaban J connectivity index is 1.05. The average Bonchev–Trinajstić information content (AvgIpc) is 1.62. The van der Waals surface area contributed by atoms with E-state index in [-0.39, 0.29) is 34.6 Å². The first-order valence-corrected chi connectivity index (χ1v) is 26.3. The molecule has 6 nitrogen and oxygen atoms in total. The molecule has 3 aromatic heterocycles. The van der Waals surface area contributed by atoms with Gasteiger partial charge < -0.3 is 9.13 Å². The molecule has 18 heteroatoms. The number of rotatable bonds is 8. The molecular formula is C68H36F12N6. The van der Waals surface area contributed by atoms with Gasteiger partial charge in [0.1, 0.15) is 6.07 Å². The minimum atomic E-state index is -5.17. The second kappa shape index (κ2) is 20.4. The van der Waals surface area contributed by atoms with Crippen LogP contribution in [-0.2, 0) is 24.7 Å². The summed E-state index contributed by atoms with van der Waals surface area (Å²) in [5, 5.41) is 13.5. The van der Waals surface area contributed by atoms with E-state index < -0.39 is 58.1 Å². The summed E-state index contributed by atoms with van der Waals surface area (Å²) in [6.45, 7) is 0. The number of alkyl halides is 12. The maximum absolute atomic E-state index is 14.8. The van der Waals surface area contributed by atoms with Gasteiger partial charge in [-0.25, -0.2) is 15.0 Å². The fraction of sp³-hybridized carbons (Fsp3) is 0.0588. The van der Waals surface area contributed by atoms with Crippen molar-refractivity contribution in [3.8, 4) is 85.0 Å². The standard InChI is InChI=1S/C68H36F12N6/c69-65(70,71)43-25-28-45(54(35-43)67(75,76)77)40-23-30-59-51(32-40)48-16-7-9-19-56(48)85(59)58-21-11-18-47(53(58)37-81)50-27-22-42(64-83-62(38-12-3-1-4-13-38)82-63(84-64)39-14-5-2-6-15-39)34-61(50)86-57-20-10-8-17-49(57)52-33-41(24-31-60(52)86)46-29-26-44(66(72,73)74)36-55(46)68(78,79)80/h1-36H. The molecule has 0 amide bonds. The highest BCUT2D eigenvalue weighted by Crippen LogP contribution is 2.47. The SMILES string of the molecule is N#Cc1c(-c2ccc(-c3nc(-c4ccccc4)nc(-c4ccccc4)n3)cc2-n2c3ccccc3c3cc(-c4ccc(C(F)(F)F)cc4C(F)(F)F)ccc32)cccc1-n1c2ccccc2c2cc(-c3ccc(C(F)(F)F)cc3C(F)(F)F)ccc21. The summed E-state index contributed by atoms with van der Waals surface area (Å²) in [7, 11) is 0. The molecule has 0 N–H and O–H groups in total. The number of benzene rings is 10. The van der Waals surface area contributed by atoms with Crippen LogP contribution in [0, 0.1) is 11.3 Å². The van der Waals surface area contributed by atoms with Gasteiger partial charge in [0, 0.05) is 49.4 Å². The van der Waals surface area contributed by atoms with E-state index in [4.69, 9.17) is 15.0 Å². The van der Waals surface area contributed by atoms with Crippen molar-refractivity contribution in [3.63, 3.8) is 0 Å². The van der Waals surface area contributed by atoms with E-state index in [1.54, 1.807) is 95.6 Å². The van der Waals surface area contributed by atoms with Crippen LogP contribution in [0.1, 0.15) is 27.8 Å². The van der Waals surface area contributed by atoms with Crippen molar-refractivity contribution in [2.45, 2.75) is 24.7 Å². The Morgan fingerprint density at radius 1 is 0.302 bits per heavy atom. The van der Waals surface area contributed by atoms with Gasteiger partial charge in [-0.2, -0.15) is 57.9 Å². The summed E-state index contributed by atoms with van der Waals surface area (Å²) in [6, 6.07) is 57.4. The Morgan fingerprint density at radius 2 is 0.709 bits per heavy atom. The zero-order valence-electron chi connectivity index (χ0n) is 44.0. The van der Waals surface area contributed by atoms with Crippen LogP contribution in [0.2, 0.25) is 0 Å². The van der Waals surface area contributed by atoms with Gasteiger partial charge >= 0.3 is 24.7 Å². The number of halogens is 12. The van der Waals surface area contributed by atoms with Crippen LogP contribution in [0.4, 0.5) is 52.7 Å². The Hall–Kier alpha value is -10.5.